The third kappa shape index (κ3) is 6.49. The summed E-state index contributed by atoms with van der Waals surface area (Å²) in [5.74, 6) is 1.34. The molecule has 1 aromatic rings. The van der Waals surface area contributed by atoms with E-state index in [9.17, 15) is 5.11 Å². The van der Waals surface area contributed by atoms with E-state index in [0.717, 1.165) is 24.3 Å². The minimum absolute atomic E-state index is 0.326. The Balaban J connectivity index is 2.44. The van der Waals surface area contributed by atoms with Gasteiger partial charge in [-0.05, 0) is 25.3 Å². The molecule has 3 heteroatoms. The molecule has 1 rings (SSSR count). The lowest BCUT2D eigenvalue weighted by atomic mass is 10.0. The van der Waals surface area contributed by atoms with Gasteiger partial charge >= 0.3 is 0 Å². The van der Waals surface area contributed by atoms with Gasteiger partial charge in [-0.15, -0.1) is 0 Å². The van der Waals surface area contributed by atoms with Crippen molar-refractivity contribution in [2.45, 2.75) is 52.6 Å². The molecule has 0 amide bonds. The number of aliphatic hydroxyl groups excluding tert-OH is 1. The average Bonchev–Trinajstić information content (AvgIpc) is 2.51. The van der Waals surface area contributed by atoms with Crippen LogP contribution in [-0.2, 0) is 4.74 Å². The lowest BCUT2D eigenvalue weighted by molar-refractivity contribution is 0.0170. The third-order valence-electron chi connectivity index (χ3n) is 3.75. The van der Waals surface area contributed by atoms with Crippen LogP contribution in [0.5, 0.6) is 5.75 Å². The van der Waals surface area contributed by atoms with Gasteiger partial charge in [0.05, 0.1) is 13.2 Å². The van der Waals surface area contributed by atoms with Crippen molar-refractivity contribution in [3.05, 3.63) is 29.8 Å². The molecule has 3 nitrogen and oxygen atoms in total. The van der Waals surface area contributed by atoms with Gasteiger partial charge in [0, 0.05) is 12.2 Å². The summed E-state index contributed by atoms with van der Waals surface area (Å²) < 4.78 is 11.3. The number of hydrogen-bond acceptors (Lipinski definition) is 3. The van der Waals surface area contributed by atoms with Crippen molar-refractivity contribution < 1.29 is 14.6 Å². The lowest BCUT2D eigenvalue weighted by Gasteiger charge is -2.18. The van der Waals surface area contributed by atoms with Crippen LogP contribution in [0, 0.1) is 5.92 Å². The van der Waals surface area contributed by atoms with Gasteiger partial charge in [-0.1, -0.05) is 51.3 Å². The van der Waals surface area contributed by atoms with Crippen molar-refractivity contribution in [1.29, 1.82) is 0 Å². The Morgan fingerprint density at radius 3 is 2.52 bits per heavy atom. The Bertz CT molecular complexity index is 378. The summed E-state index contributed by atoms with van der Waals surface area (Å²) in [6.07, 6.45) is 4.18. The number of rotatable bonds is 11. The maximum atomic E-state index is 10.3. The Labute approximate surface area is 129 Å². The second-order valence-corrected chi connectivity index (χ2v) is 5.44. The van der Waals surface area contributed by atoms with Gasteiger partial charge in [-0.25, -0.2) is 0 Å². The van der Waals surface area contributed by atoms with Crippen LogP contribution in [-0.4, -0.2) is 24.9 Å². The molecule has 21 heavy (non-hydrogen) atoms. The molecule has 1 N–H and O–H groups in total. The SMILES string of the molecule is CCCCC(CC)COCC(O)c1ccccc1OCC. The van der Waals surface area contributed by atoms with Gasteiger partial charge in [0.25, 0.3) is 0 Å². The monoisotopic (exact) mass is 294 g/mol. The molecule has 0 radical (unpaired) electrons. The highest BCUT2D eigenvalue weighted by Gasteiger charge is 2.14. The molecule has 1 aromatic carbocycles. The quantitative estimate of drug-likeness (QED) is 0.659. The predicted octanol–water partition coefficient (Wildman–Crippen LogP) is 4.35. The number of ether oxygens (including phenoxy) is 2. The normalized spacial score (nSPS) is 13.9. The third-order valence-corrected chi connectivity index (χ3v) is 3.75. The molecule has 0 aliphatic heterocycles. The van der Waals surface area contributed by atoms with E-state index in [1.165, 1.54) is 19.3 Å². The molecule has 2 unspecified atom stereocenters. The van der Waals surface area contributed by atoms with E-state index in [2.05, 4.69) is 13.8 Å². The van der Waals surface area contributed by atoms with E-state index >= 15 is 0 Å². The molecular weight excluding hydrogens is 264 g/mol. The van der Waals surface area contributed by atoms with Crippen LogP contribution in [0.3, 0.4) is 0 Å². The number of aliphatic hydroxyl groups is 1. The molecule has 0 heterocycles. The zero-order valence-corrected chi connectivity index (χ0v) is 13.7. The summed E-state index contributed by atoms with van der Waals surface area (Å²) in [6.45, 7) is 8.00. The van der Waals surface area contributed by atoms with Gasteiger partial charge in [-0.3, -0.25) is 0 Å². The zero-order valence-electron chi connectivity index (χ0n) is 13.7. The largest absolute Gasteiger partial charge is 0.493 e. The minimum Gasteiger partial charge on any atom is -0.493 e. The first-order valence-corrected chi connectivity index (χ1v) is 8.20. The first-order valence-electron chi connectivity index (χ1n) is 8.20. The molecule has 0 fully saturated rings. The standard InChI is InChI=1S/C18H30O3/c1-4-7-10-15(5-2)13-20-14-17(19)16-11-8-9-12-18(16)21-6-3/h8-9,11-12,15,17,19H,4-7,10,13-14H2,1-3H3. The number of benzene rings is 1. The van der Waals surface area contributed by atoms with Crippen LogP contribution in [0.1, 0.15) is 58.1 Å². The first kappa shape index (κ1) is 18.0. The summed E-state index contributed by atoms with van der Waals surface area (Å²) in [5, 5.41) is 10.3. The van der Waals surface area contributed by atoms with Crippen molar-refractivity contribution in [3.8, 4) is 5.75 Å². The highest BCUT2D eigenvalue weighted by atomic mass is 16.5. The lowest BCUT2D eigenvalue weighted by Crippen LogP contribution is -2.14. The predicted molar refractivity (Wildman–Crippen MR) is 86.7 cm³/mol. The van der Waals surface area contributed by atoms with Crippen molar-refractivity contribution in [3.63, 3.8) is 0 Å². The Kier molecular flexibility index (Phi) is 9.11. The summed E-state index contributed by atoms with van der Waals surface area (Å²) in [6, 6.07) is 7.61. The van der Waals surface area contributed by atoms with Gasteiger partial charge in [0.1, 0.15) is 11.9 Å². The molecule has 2 atom stereocenters. The van der Waals surface area contributed by atoms with Gasteiger partial charge in [0.2, 0.25) is 0 Å². The zero-order chi connectivity index (χ0) is 15.5. The molecule has 120 valence electrons. The average molecular weight is 294 g/mol. The fraction of sp³-hybridized carbons (Fsp3) is 0.667. The van der Waals surface area contributed by atoms with Crippen LogP contribution in [0.25, 0.3) is 0 Å². The molecule has 0 aliphatic carbocycles. The Morgan fingerprint density at radius 2 is 1.86 bits per heavy atom. The van der Waals surface area contributed by atoms with Crippen LogP contribution in [0.2, 0.25) is 0 Å². The van der Waals surface area contributed by atoms with E-state index in [0.29, 0.717) is 19.1 Å². The van der Waals surface area contributed by atoms with Gasteiger partial charge in [-0.2, -0.15) is 0 Å². The van der Waals surface area contributed by atoms with Crippen LogP contribution in [0.4, 0.5) is 0 Å². The summed E-state index contributed by atoms with van der Waals surface area (Å²) in [4.78, 5) is 0. The van der Waals surface area contributed by atoms with Crippen molar-refractivity contribution >= 4 is 0 Å². The molecule has 0 saturated carbocycles. The molecule has 0 aliphatic rings. The van der Waals surface area contributed by atoms with Crippen molar-refractivity contribution in [2.75, 3.05) is 19.8 Å². The molecule has 0 bridgehead atoms. The maximum Gasteiger partial charge on any atom is 0.125 e. The smallest absolute Gasteiger partial charge is 0.125 e. The van der Waals surface area contributed by atoms with E-state index in [1.807, 2.05) is 31.2 Å². The number of hydrogen-bond donors (Lipinski definition) is 1. The summed E-state index contributed by atoms with van der Waals surface area (Å²) in [7, 11) is 0. The first-order chi connectivity index (χ1) is 10.2. The molecular formula is C18H30O3. The van der Waals surface area contributed by atoms with Crippen molar-refractivity contribution in [2.24, 2.45) is 5.92 Å². The van der Waals surface area contributed by atoms with Crippen LogP contribution < -0.4 is 4.74 Å². The molecule has 0 spiro atoms. The topological polar surface area (TPSA) is 38.7 Å². The Hall–Kier alpha value is -1.06. The fourth-order valence-corrected chi connectivity index (χ4v) is 2.38. The van der Waals surface area contributed by atoms with Crippen LogP contribution >= 0.6 is 0 Å². The number of unbranched alkanes of at least 4 members (excludes halogenated alkanes) is 1. The van der Waals surface area contributed by atoms with Gasteiger partial charge in [0.15, 0.2) is 0 Å². The molecule has 0 aromatic heterocycles. The summed E-state index contributed by atoms with van der Waals surface area (Å²) >= 11 is 0. The number of para-hydroxylation sites is 1. The highest BCUT2D eigenvalue weighted by Crippen LogP contribution is 2.25. The maximum absolute atomic E-state index is 10.3. The second-order valence-electron chi connectivity index (χ2n) is 5.44. The van der Waals surface area contributed by atoms with E-state index in [-0.39, 0.29) is 0 Å². The highest BCUT2D eigenvalue weighted by molar-refractivity contribution is 5.35. The van der Waals surface area contributed by atoms with E-state index in [4.69, 9.17) is 9.47 Å². The summed E-state index contributed by atoms with van der Waals surface area (Å²) in [5.41, 5.74) is 0.806. The Morgan fingerprint density at radius 1 is 1.10 bits per heavy atom. The van der Waals surface area contributed by atoms with E-state index in [1.54, 1.807) is 0 Å². The van der Waals surface area contributed by atoms with Gasteiger partial charge < -0.3 is 14.6 Å². The van der Waals surface area contributed by atoms with E-state index < -0.39 is 6.10 Å². The minimum atomic E-state index is -0.628. The van der Waals surface area contributed by atoms with Crippen LogP contribution in [0.15, 0.2) is 24.3 Å². The van der Waals surface area contributed by atoms with Crippen molar-refractivity contribution in [1.82, 2.24) is 0 Å². The molecule has 0 saturated heterocycles. The fourth-order valence-electron chi connectivity index (χ4n) is 2.38. The second kappa shape index (κ2) is 10.6.